The van der Waals surface area contributed by atoms with Crippen LogP contribution < -0.4 is 0 Å². The lowest BCUT2D eigenvalue weighted by molar-refractivity contribution is -0.135. The number of likely N-dealkylation sites (tertiary alicyclic amines) is 2. The van der Waals surface area contributed by atoms with Gasteiger partial charge in [0.05, 0.1) is 5.75 Å². The summed E-state index contributed by atoms with van der Waals surface area (Å²) < 4.78 is 0. The molecule has 0 aliphatic carbocycles. The zero-order chi connectivity index (χ0) is 16.8. The monoisotopic (exact) mass is 346 g/mol. The molecule has 4 nitrogen and oxygen atoms in total. The zero-order valence-electron chi connectivity index (χ0n) is 14.2. The van der Waals surface area contributed by atoms with Crippen LogP contribution in [-0.2, 0) is 9.59 Å². The summed E-state index contributed by atoms with van der Waals surface area (Å²) in [6.45, 7) is 3.48. The fraction of sp³-hybridized carbons (Fsp3) is 0.579. The summed E-state index contributed by atoms with van der Waals surface area (Å²) in [6.07, 6.45) is 4.94. The second-order valence-electron chi connectivity index (χ2n) is 6.72. The third-order valence-corrected chi connectivity index (χ3v) is 5.97. The summed E-state index contributed by atoms with van der Waals surface area (Å²) in [4.78, 5) is 29.5. The quantitative estimate of drug-likeness (QED) is 0.770. The van der Waals surface area contributed by atoms with E-state index in [9.17, 15) is 9.59 Å². The number of rotatable bonds is 5. The van der Waals surface area contributed by atoms with E-state index in [2.05, 4.69) is 0 Å². The molecule has 0 unspecified atom stereocenters. The molecule has 0 bridgehead atoms. The van der Waals surface area contributed by atoms with Crippen molar-refractivity contribution in [2.45, 2.75) is 37.0 Å². The van der Waals surface area contributed by atoms with Crippen LogP contribution in [0.1, 0.15) is 32.1 Å². The first-order chi connectivity index (χ1) is 11.7. The molecule has 2 aliphatic heterocycles. The Labute approximate surface area is 148 Å². The van der Waals surface area contributed by atoms with Crippen molar-refractivity contribution >= 4 is 23.6 Å². The average Bonchev–Trinajstić information content (AvgIpc) is 2.63. The van der Waals surface area contributed by atoms with Gasteiger partial charge in [-0.25, -0.2) is 0 Å². The molecule has 24 heavy (non-hydrogen) atoms. The van der Waals surface area contributed by atoms with Crippen molar-refractivity contribution in [3.05, 3.63) is 30.3 Å². The maximum atomic E-state index is 12.4. The van der Waals surface area contributed by atoms with Gasteiger partial charge in [-0.3, -0.25) is 9.59 Å². The van der Waals surface area contributed by atoms with E-state index in [0.29, 0.717) is 24.0 Å². The molecule has 2 amide bonds. The van der Waals surface area contributed by atoms with Gasteiger partial charge in [-0.15, -0.1) is 11.8 Å². The number of hydrogen-bond donors (Lipinski definition) is 0. The Morgan fingerprint density at radius 1 is 1.08 bits per heavy atom. The van der Waals surface area contributed by atoms with Gasteiger partial charge in [-0.05, 0) is 43.7 Å². The number of hydrogen-bond acceptors (Lipinski definition) is 3. The molecular weight excluding hydrogens is 320 g/mol. The lowest BCUT2D eigenvalue weighted by Crippen LogP contribution is -2.44. The normalized spacial score (nSPS) is 19.6. The van der Waals surface area contributed by atoms with Crippen molar-refractivity contribution in [1.82, 2.24) is 9.80 Å². The number of piperidine rings is 2. The number of amides is 2. The second kappa shape index (κ2) is 8.56. The van der Waals surface area contributed by atoms with Gasteiger partial charge in [-0.1, -0.05) is 18.2 Å². The van der Waals surface area contributed by atoms with Crippen LogP contribution in [0, 0.1) is 5.92 Å². The molecule has 0 spiro atoms. The fourth-order valence-corrected chi connectivity index (χ4v) is 4.31. The third-order valence-electron chi connectivity index (χ3n) is 4.97. The van der Waals surface area contributed by atoms with Crippen LogP contribution in [0.5, 0.6) is 0 Å². The molecule has 2 fully saturated rings. The van der Waals surface area contributed by atoms with E-state index in [1.165, 1.54) is 0 Å². The Bertz CT molecular complexity index is 556. The molecule has 3 rings (SSSR count). The van der Waals surface area contributed by atoms with E-state index in [-0.39, 0.29) is 5.91 Å². The molecular formula is C19H26N2O2S. The van der Waals surface area contributed by atoms with Gasteiger partial charge >= 0.3 is 0 Å². The minimum Gasteiger partial charge on any atom is -0.342 e. The average molecular weight is 346 g/mol. The van der Waals surface area contributed by atoms with Crippen LogP contribution in [0.2, 0.25) is 0 Å². The van der Waals surface area contributed by atoms with Gasteiger partial charge in [0.25, 0.3) is 0 Å². The first-order valence-corrected chi connectivity index (χ1v) is 9.94. The number of benzene rings is 1. The highest BCUT2D eigenvalue weighted by Gasteiger charge is 2.26. The maximum absolute atomic E-state index is 12.4. The third kappa shape index (κ3) is 4.76. The van der Waals surface area contributed by atoms with Crippen LogP contribution in [0.3, 0.4) is 0 Å². The van der Waals surface area contributed by atoms with Gasteiger partial charge in [0.15, 0.2) is 0 Å². The molecule has 0 N–H and O–H groups in total. The van der Waals surface area contributed by atoms with Crippen molar-refractivity contribution in [2.75, 3.05) is 31.9 Å². The summed E-state index contributed by atoms with van der Waals surface area (Å²) in [6, 6.07) is 10.1. The molecule has 2 saturated heterocycles. The molecule has 130 valence electrons. The van der Waals surface area contributed by atoms with Crippen LogP contribution in [-0.4, -0.2) is 53.5 Å². The van der Waals surface area contributed by atoms with Gasteiger partial charge in [-0.2, -0.15) is 0 Å². The standard InChI is InChI=1S/C19H26N2O2S/c22-18-8-4-5-11-21(18)14-16-9-12-20(13-10-16)19(23)15-24-17-6-2-1-3-7-17/h1-3,6-7,16H,4-5,8-15H2. The highest BCUT2D eigenvalue weighted by molar-refractivity contribution is 8.00. The van der Waals surface area contributed by atoms with Crippen LogP contribution in [0.15, 0.2) is 35.2 Å². The van der Waals surface area contributed by atoms with E-state index < -0.39 is 0 Å². The highest BCUT2D eigenvalue weighted by atomic mass is 32.2. The van der Waals surface area contributed by atoms with E-state index in [0.717, 1.165) is 56.8 Å². The molecule has 1 aromatic rings. The van der Waals surface area contributed by atoms with E-state index >= 15 is 0 Å². The van der Waals surface area contributed by atoms with E-state index in [1.807, 2.05) is 40.1 Å². The summed E-state index contributed by atoms with van der Waals surface area (Å²) in [7, 11) is 0. The first kappa shape index (κ1) is 17.3. The van der Waals surface area contributed by atoms with E-state index in [4.69, 9.17) is 0 Å². The Kier molecular flexibility index (Phi) is 6.18. The van der Waals surface area contributed by atoms with Gasteiger partial charge in [0.2, 0.25) is 11.8 Å². The minimum atomic E-state index is 0.233. The molecule has 2 aliphatic rings. The Morgan fingerprint density at radius 3 is 2.54 bits per heavy atom. The van der Waals surface area contributed by atoms with Crippen LogP contribution >= 0.6 is 11.8 Å². The van der Waals surface area contributed by atoms with Gasteiger partial charge < -0.3 is 9.80 Å². The topological polar surface area (TPSA) is 40.6 Å². The molecule has 5 heteroatoms. The van der Waals surface area contributed by atoms with Crippen molar-refractivity contribution < 1.29 is 9.59 Å². The Hall–Kier alpha value is -1.49. The van der Waals surface area contributed by atoms with Crippen molar-refractivity contribution in [2.24, 2.45) is 5.92 Å². The molecule has 0 atom stereocenters. The number of carbonyl (C=O) groups is 2. The highest BCUT2D eigenvalue weighted by Crippen LogP contribution is 2.23. The molecule has 2 heterocycles. The summed E-state index contributed by atoms with van der Waals surface area (Å²) in [5.41, 5.74) is 0. The fourth-order valence-electron chi connectivity index (χ4n) is 3.48. The SMILES string of the molecule is O=C(CSc1ccccc1)N1CCC(CN2CCCCC2=O)CC1. The van der Waals surface area contributed by atoms with Crippen molar-refractivity contribution in [1.29, 1.82) is 0 Å². The molecule has 0 saturated carbocycles. The predicted octanol–water partition coefficient (Wildman–Crippen LogP) is 3.03. The summed E-state index contributed by atoms with van der Waals surface area (Å²) >= 11 is 1.61. The largest absolute Gasteiger partial charge is 0.342 e. The van der Waals surface area contributed by atoms with Gasteiger partial charge in [0.1, 0.15) is 0 Å². The second-order valence-corrected chi connectivity index (χ2v) is 7.77. The van der Waals surface area contributed by atoms with E-state index in [1.54, 1.807) is 11.8 Å². The predicted molar refractivity (Wildman–Crippen MR) is 96.9 cm³/mol. The van der Waals surface area contributed by atoms with Gasteiger partial charge in [0, 0.05) is 37.5 Å². The first-order valence-electron chi connectivity index (χ1n) is 8.96. The number of carbonyl (C=O) groups excluding carboxylic acids is 2. The Balaban J connectivity index is 1.39. The van der Waals surface area contributed by atoms with Crippen molar-refractivity contribution in [3.63, 3.8) is 0 Å². The van der Waals surface area contributed by atoms with Crippen LogP contribution in [0.4, 0.5) is 0 Å². The minimum absolute atomic E-state index is 0.233. The number of nitrogens with zero attached hydrogens (tertiary/aromatic N) is 2. The summed E-state index contributed by atoms with van der Waals surface area (Å²) in [5, 5.41) is 0. The number of thioether (sulfide) groups is 1. The van der Waals surface area contributed by atoms with Crippen LogP contribution in [0.25, 0.3) is 0 Å². The maximum Gasteiger partial charge on any atom is 0.232 e. The zero-order valence-corrected chi connectivity index (χ0v) is 15.0. The molecule has 1 aromatic carbocycles. The lowest BCUT2D eigenvalue weighted by Gasteiger charge is -2.36. The van der Waals surface area contributed by atoms with Crippen molar-refractivity contribution in [3.8, 4) is 0 Å². The molecule has 0 radical (unpaired) electrons. The Morgan fingerprint density at radius 2 is 1.83 bits per heavy atom. The molecule has 0 aromatic heterocycles. The lowest BCUT2D eigenvalue weighted by atomic mass is 9.95. The smallest absolute Gasteiger partial charge is 0.232 e. The summed E-state index contributed by atoms with van der Waals surface area (Å²) in [5.74, 6) is 1.62.